The molecule has 0 saturated carbocycles. The van der Waals surface area contributed by atoms with E-state index in [1.165, 1.54) is 11.1 Å². The van der Waals surface area contributed by atoms with Crippen LogP contribution in [0.15, 0.2) is 46.9 Å². The Morgan fingerprint density at radius 2 is 1.74 bits per heavy atom. The summed E-state index contributed by atoms with van der Waals surface area (Å²) in [6, 6.07) is 14.5. The van der Waals surface area contributed by atoms with Gasteiger partial charge in [-0.25, -0.2) is 0 Å². The zero-order chi connectivity index (χ0) is 13.8. The van der Waals surface area contributed by atoms with Gasteiger partial charge in [0.1, 0.15) is 0 Å². The number of hydrogen-bond acceptors (Lipinski definition) is 1. The Balaban J connectivity index is 2.05. The molecule has 2 rings (SSSR count). The van der Waals surface area contributed by atoms with Gasteiger partial charge in [0.05, 0.1) is 0 Å². The minimum absolute atomic E-state index is 0.811. The second-order valence-electron chi connectivity index (χ2n) is 4.83. The molecule has 0 spiro atoms. The van der Waals surface area contributed by atoms with E-state index >= 15 is 0 Å². The van der Waals surface area contributed by atoms with Crippen molar-refractivity contribution in [3.63, 3.8) is 0 Å². The monoisotopic (exact) mass is 337 g/mol. The summed E-state index contributed by atoms with van der Waals surface area (Å²) in [5, 5.41) is 0.811. The highest BCUT2D eigenvalue weighted by molar-refractivity contribution is 9.10. The zero-order valence-electron chi connectivity index (χ0n) is 11.2. The fourth-order valence-corrected chi connectivity index (χ4v) is 2.81. The van der Waals surface area contributed by atoms with E-state index in [0.29, 0.717) is 0 Å². The van der Waals surface area contributed by atoms with Gasteiger partial charge in [0.2, 0.25) is 0 Å². The largest absolute Gasteiger partial charge is 0.298 e. The van der Waals surface area contributed by atoms with Crippen molar-refractivity contribution in [2.45, 2.75) is 20.0 Å². The van der Waals surface area contributed by atoms with E-state index in [0.717, 1.165) is 28.1 Å². The number of rotatable bonds is 4. The minimum atomic E-state index is 0.811. The molecule has 0 atom stereocenters. The van der Waals surface area contributed by atoms with Crippen LogP contribution in [0.3, 0.4) is 0 Å². The predicted octanol–water partition coefficient (Wildman–Crippen LogP) is 5.04. The highest BCUT2D eigenvalue weighted by Crippen LogP contribution is 2.23. The molecule has 0 radical (unpaired) electrons. The van der Waals surface area contributed by atoms with Crippen LogP contribution in [0.1, 0.15) is 16.7 Å². The molecule has 19 heavy (non-hydrogen) atoms. The third kappa shape index (κ3) is 4.07. The first-order chi connectivity index (χ1) is 9.06. The van der Waals surface area contributed by atoms with Gasteiger partial charge < -0.3 is 0 Å². The molecular formula is C16H17BrClN. The minimum Gasteiger partial charge on any atom is -0.298 e. The van der Waals surface area contributed by atoms with Gasteiger partial charge >= 0.3 is 0 Å². The maximum absolute atomic E-state index is 6.25. The third-order valence-electron chi connectivity index (χ3n) is 3.16. The van der Waals surface area contributed by atoms with E-state index in [1.54, 1.807) is 0 Å². The van der Waals surface area contributed by atoms with Crippen LogP contribution >= 0.6 is 27.5 Å². The van der Waals surface area contributed by atoms with Crippen molar-refractivity contribution in [3.8, 4) is 0 Å². The Bertz CT molecular complexity index is 568. The highest BCUT2D eigenvalue weighted by Gasteiger charge is 2.07. The quantitative estimate of drug-likeness (QED) is 0.754. The SMILES string of the molecule is Cc1ccccc1CN(C)Cc1ccc(Br)cc1Cl. The molecule has 0 aliphatic carbocycles. The average Bonchev–Trinajstić information content (AvgIpc) is 2.36. The van der Waals surface area contributed by atoms with Crippen molar-refractivity contribution in [3.05, 3.63) is 68.7 Å². The molecular weight excluding hydrogens is 322 g/mol. The molecule has 0 heterocycles. The first-order valence-electron chi connectivity index (χ1n) is 6.23. The highest BCUT2D eigenvalue weighted by atomic mass is 79.9. The fraction of sp³-hybridized carbons (Fsp3) is 0.250. The van der Waals surface area contributed by atoms with E-state index in [-0.39, 0.29) is 0 Å². The predicted molar refractivity (Wildman–Crippen MR) is 85.5 cm³/mol. The van der Waals surface area contributed by atoms with Gasteiger partial charge in [-0.3, -0.25) is 4.90 Å². The normalized spacial score (nSPS) is 11.0. The third-order valence-corrected chi connectivity index (χ3v) is 4.00. The number of halogens is 2. The lowest BCUT2D eigenvalue weighted by Crippen LogP contribution is -2.18. The maximum atomic E-state index is 6.25. The van der Waals surface area contributed by atoms with Gasteiger partial charge in [-0.2, -0.15) is 0 Å². The molecule has 0 N–H and O–H groups in total. The number of hydrogen-bond donors (Lipinski definition) is 0. The first kappa shape index (κ1) is 14.6. The molecule has 0 amide bonds. The van der Waals surface area contributed by atoms with Crippen molar-refractivity contribution in [2.75, 3.05) is 7.05 Å². The second kappa shape index (κ2) is 6.56. The Morgan fingerprint density at radius 1 is 1.05 bits per heavy atom. The van der Waals surface area contributed by atoms with Crippen molar-refractivity contribution in [2.24, 2.45) is 0 Å². The van der Waals surface area contributed by atoms with E-state index in [9.17, 15) is 0 Å². The summed E-state index contributed by atoms with van der Waals surface area (Å²) >= 11 is 9.68. The summed E-state index contributed by atoms with van der Waals surface area (Å²) < 4.78 is 1.02. The van der Waals surface area contributed by atoms with E-state index in [1.807, 2.05) is 12.1 Å². The summed E-state index contributed by atoms with van der Waals surface area (Å²) in [4.78, 5) is 2.28. The van der Waals surface area contributed by atoms with E-state index in [4.69, 9.17) is 11.6 Å². The molecule has 0 fully saturated rings. The smallest absolute Gasteiger partial charge is 0.0462 e. The van der Waals surface area contributed by atoms with Crippen molar-refractivity contribution in [1.29, 1.82) is 0 Å². The topological polar surface area (TPSA) is 3.24 Å². The second-order valence-corrected chi connectivity index (χ2v) is 6.16. The average molecular weight is 339 g/mol. The zero-order valence-corrected chi connectivity index (χ0v) is 13.5. The van der Waals surface area contributed by atoms with Crippen LogP contribution in [0.5, 0.6) is 0 Å². The van der Waals surface area contributed by atoms with Crippen LogP contribution in [0, 0.1) is 6.92 Å². The number of aryl methyl sites for hydroxylation is 1. The molecule has 3 heteroatoms. The molecule has 0 saturated heterocycles. The first-order valence-corrected chi connectivity index (χ1v) is 7.40. The van der Waals surface area contributed by atoms with Gasteiger partial charge in [-0.05, 0) is 42.8 Å². The van der Waals surface area contributed by atoms with Crippen LogP contribution in [-0.4, -0.2) is 11.9 Å². The van der Waals surface area contributed by atoms with Crippen molar-refractivity contribution >= 4 is 27.5 Å². The molecule has 0 unspecified atom stereocenters. The Hall–Kier alpha value is -0.830. The van der Waals surface area contributed by atoms with Crippen LogP contribution in [0.2, 0.25) is 5.02 Å². The van der Waals surface area contributed by atoms with Crippen LogP contribution in [0.25, 0.3) is 0 Å². The van der Waals surface area contributed by atoms with Gasteiger partial charge in [-0.1, -0.05) is 57.9 Å². The molecule has 0 aliphatic rings. The lowest BCUT2D eigenvalue weighted by Gasteiger charge is -2.19. The van der Waals surface area contributed by atoms with E-state index in [2.05, 4.69) is 65.1 Å². The summed E-state index contributed by atoms with van der Waals surface area (Å²) in [5.41, 5.74) is 3.84. The Kier molecular flexibility index (Phi) is 5.03. The number of nitrogens with zero attached hydrogens (tertiary/aromatic N) is 1. The van der Waals surface area contributed by atoms with Gasteiger partial charge in [0.25, 0.3) is 0 Å². The van der Waals surface area contributed by atoms with Gasteiger partial charge in [0, 0.05) is 22.6 Å². The maximum Gasteiger partial charge on any atom is 0.0462 e. The Labute approximate surface area is 128 Å². The lowest BCUT2D eigenvalue weighted by atomic mass is 10.1. The van der Waals surface area contributed by atoms with Crippen molar-refractivity contribution < 1.29 is 0 Å². The molecule has 0 aliphatic heterocycles. The van der Waals surface area contributed by atoms with Crippen LogP contribution in [0.4, 0.5) is 0 Å². The molecule has 1 nitrogen and oxygen atoms in total. The summed E-state index contributed by atoms with van der Waals surface area (Å²) in [5.74, 6) is 0. The van der Waals surface area contributed by atoms with Crippen molar-refractivity contribution in [1.82, 2.24) is 4.90 Å². The van der Waals surface area contributed by atoms with Crippen LogP contribution in [-0.2, 0) is 13.1 Å². The van der Waals surface area contributed by atoms with Crippen LogP contribution < -0.4 is 0 Å². The Morgan fingerprint density at radius 3 is 2.42 bits per heavy atom. The lowest BCUT2D eigenvalue weighted by molar-refractivity contribution is 0.318. The fourth-order valence-electron chi connectivity index (χ4n) is 2.07. The summed E-state index contributed by atoms with van der Waals surface area (Å²) in [7, 11) is 2.12. The molecule has 0 bridgehead atoms. The standard InChI is InChI=1S/C16H17BrClN/c1-12-5-3-4-6-13(12)10-19(2)11-14-7-8-15(17)9-16(14)18/h3-9H,10-11H2,1-2H3. The molecule has 2 aromatic carbocycles. The molecule has 2 aromatic rings. The molecule has 100 valence electrons. The summed E-state index contributed by atoms with van der Waals surface area (Å²) in [6.45, 7) is 3.93. The number of benzene rings is 2. The van der Waals surface area contributed by atoms with Gasteiger partial charge in [-0.15, -0.1) is 0 Å². The van der Waals surface area contributed by atoms with E-state index < -0.39 is 0 Å². The summed E-state index contributed by atoms with van der Waals surface area (Å²) in [6.07, 6.45) is 0. The van der Waals surface area contributed by atoms with Gasteiger partial charge in [0.15, 0.2) is 0 Å². The molecule has 0 aromatic heterocycles.